The molecule has 1 aliphatic heterocycles. The van der Waals surface area contributed by atoms with Crippen LogP contribution < -0.4 is 23.5 Å². The van der Waals surface area contributed by atoms with Crippen LogP contribution in [-0.4, -0.2) is 19.6 Å². The fourth-order valence-corrected chi connectivity index (χ4v) is 4.65. The van der Waals surface area contributed by atoms with Crippen molar-refractivity contribution in [2.24, 2.45) is 0 Å². The second kappa shape index (κ2) is 6.12. The van der Waals surface area contributed by atoms with Gasteiger partial charge in [0.05, 0.1) is 29.4 Å². The molecular weight excluding hydrogens is 344 g/mol. The van der Waals surface area contributed by atoms with Crippen molar-refractivity contribution in [3.05, 3.63) is 42.0 Å². The minimum atomic E-state index is -4.56. The third-order valence-corrected chi connectivity index (χ3v) is 5.73. The molecule has 23 heavy (non-hydrogen) atoms. The Kier molecular flexibility index (Phi) is 4.33. The van der Waals surface area contributed by atoms with Gasteiger partial charge in [0.15, 0.2) is 11.5 Å². The number of fused-ring (bicyclic) bond motifs is 3. The van der Waals surface area contributed by atoms with Gasteiger partial charge >= 0.3 is 0 Å². The molecule has 0 aliphatic carbocycles. The fourth-order valence-electron chi connectivity index (χ4n) is 2.40. The second-order valence-corrected chi connectivity index (χ2v) is 7.18. The van der Waals surface area contributed by atoms with E-state index in [1.165, 1.54) is 14.2 Å². The van der Waals surface area contributed by atoms with Gasteiger partial charge < -0.3 is 9.47 Å². The van der Waals surface area contributed by atoms with E-state index >= 15 is 0 Å². The van der Waals surface area contributed by atoms with Gasteiger partial charge in [0.25, 0.3) is 0 Å². The van der Waals surface area contributed by atoms with Gasteiger partial charge in [0.1, 0.15) is 14.5 Å². The van der Waals surface area contributed by atoms with Crippen LogP contribution in [0.4, 0.5) is 0 Å². The van der Waals surface area contributed by atoms with Crippen molar-refractivity contribution in [2.45, 2.75) is 4.90 Å². The molecule has 1 atom stereocenters. The first-order valence-electron chi connectivity index (χ1n) is 6.47. The van der Waals surface area contributed by atoms with Crippen molar-refractivity contribution >= 4 is 16.1 Å². The van der Waals surface area contributed by atoms with Crippen molar-refractivity contribution in [1.82, 2.24) is 0 Å². The minimum Gasteiger partial charge on any atom is -0.493 e. The highest BCUT2D eigenvalue weighted by atomic mass is 35.7. The van der Waals surface area contributed by atoms with Gasteiger partial charge in [-0.3, -0.25) is 0 Å². The summed E-state index contributed by atoms with van der Waals surface area (Å²) >= 11 is 0. The molecule has 0 fully saturated rings. The number of hydrogen-bond acceptors (Lipinski definition) is 6. The average Bonchev–Trinajstić information content (AvgIpc) is 2.52. The summed E-state index contributed by atoms with van der Waals surface area (Å²) in [5.41, 5.74) is 2.42. The van der Waals surface area contributed by atoms with Crippen LogP contribution in [0.3, 0.4) is 0 Å². The zero-order chi connectivity index (χ0) is 16.6. The van der Waals surface area contributed by atoms with Gasteiger partial charge in [-0.05, 0) is 17.2 Å². The molecule has 0 spiro atoms. The maximum Gasteiger partial charge on any atom is 0.161 e. The zero-order valence-electron chi connectivity index (χ0n) is 12.3. The summed E-state index contributed by atoms with van der Waals surface area (Å²) in [5.74, 6) is 0.939. The predicted octanol–water partition coefficient (Wildman–Crippen LogP) is -0.00860. The van der Waals surface area contributed by atoms with Gasteiger partial charge in [-0.1, -0.05) is 24.3 Å². The molecule has 0 amide bonds. The lowest BCUT2D eigenvalue weighted by molar-refractivity contribution is -1.91. The van der Waals surface area contributed by atoms with Crippen LogP contribution in [-0.2, 0) is 3.74 Å². The number of ether oxygens (including phenoxy) is 2. The van der Waals surface area contributed by atoms with Crippen LogP contribution in [0.1, 0.15) is 5.56 Å². The summed E-state index contributed by atoms with van der Waals surface area (Å²) in [6.45, 7) is 0. The van der Waals surface area contributed by atoms with Gasteiger partial charge in [-0.25, -0.2) is 0 Å². The second-order valence-electron chi connectivity index (χ2n) is 4.65. The number of benzene rings is 2. The maximum absolute atomic E-state index is 11.0. The monoisotopic (exact) mass is 356 g/mol. The SMILES string of the molecule is COc1cc2c(cc1OC)S(O[Cl+3]([O-])([O-])[O-])=Cc1ccccc1-2. The van der Waals surface area contributed by atoms with Crippen molar-refractivity contribution < 1.29 is 37.4 Å². The lowest BCUT2D eigenvalue weighted by Gasteiger charge is -2.21. The third-order valence-electron chi connectivity index (χ3n) is 3.33. The van der Waals surface area contributed by atoms with Crippen molar-refractivity contribution in [3.8, 4) is 22.6 Å². The average molecular weight is 357 g/mol. The van der Waals surface area contributed by atoms with Crippen LogP contribution in [0.5, 0.6) is 11.5 Å². The summed E-state index contributed by atoms with van der Waals surface area (Å²) in [5, 5.41) is 1.62. The van der Waals surface area contributed by atoms with E-state index in [4.69, 9.17) is 13.2 Å². The van der Waals surface area contributed by atoms with Crippen molar-refractivity contribution in [2.75, 3.05) is 14.2 Å². The highest BCUT2D eigenvalue weighted by Crippen LogP contribution is 2.47. The van der Waals surface area contributed by atoms with Gasteiger partial charge in [-0.2, -0.15) is 14.0 Å². The summed E-state index contributed by atoms with van der Waals surface area (Å²) in [6, 6.07) is 10.8. The molecule has 1 aliphatic rings. The van der Waals surface area contributed by atoms with E-state index in [2.05, 4.69) is 0 Å². The summed E-state index contributed by atoms with van der Waals surface area (Å²) in [7, 11) is -2.91. The normalized spacial score (nSPS) is 16.1. The Morgan fingerprint density at radius 2 is 1.57 bits per heavy atom. The fraction of sp³-hybridized carbons (Fsp3) is 0.133. The first-order chi connectivity index (χ1) is 10.9. The number of rotatable bonds is 4. The van der Waals surface area contributed by atoms with Gasteiger partial charge in [0.2, 0.25) is 0 Å². The summed E-state index contributed by atoms with van der Waals surface area (Å²) in [4.78, 5) is 0.549. The summed E-state index contributed by atoms with van der Waals surface area (Å²) in [6.07, 6.45) is 0. The molecule has 0 radical (unpaired) electrons. The first kappa shape index (κ1) is 16.3. The van der Waals surface area contributed by atoms with Gasteiger partial charge in [0, 0.05) is 17.0 Å². The van der Waals surface area contributed by atoms with Crippen LogP contribution in [0.25, 0.3) is 11.1 Å². The van der Waals surface area contributed by atoms with E-state index in [0.717, 1.165) is 16.7 Å². The molecule has 0 bridgehead atoms. The lowest BCUT2D eigenvalue weighted by Crippen LogP contribution is -2.60. The molecule has 6 nitrogen and oxygen atoms in total. The molecule has 0 saturated carbocycles. The molecule has 0 saturated heterocycles. The van der Waals surface area contributed by atoms with Crippen LogP contribution in [0.2, 0.25) is 0 Å². The molecule has 0 N–H and O–H groups in total. The number of hydrogen-bond donors (Lipinski definition) is 0. The van der Waals surface area contributed by atoms with E-state index in [-0.39, 0.29) is 0 Å². The van der Waals surface area contributed by atoms with Crippen molar-refractivity contribution in [3.63, 3.8) is 0 Å². The zero-order valence-corrected chi connectivity index (χ0v) is 13.8. The largest absolute Gasteiger partial charge is 0.493 e. The van der Waals surface area contributed by atoms with Gasteiger partial charge in [-0.15, -0.1) is 0 Å². The molecule has 2 aromatic carbocycles. The van der Waals surface area contributed by atoms with E-state index in [0.29, 0.717) is 16.4 Å². The Morgan fingerprint density at radius 1 is 0.913 bits per heavy atom. The molecule has 2 aromatic rings. The molecule has 122 valence electrons. The lowest BCUT2D eigenvalue weighted by atomic mass is 10.00. The smallest absolute Gasteiger partial charge is 0.161 e. The van der Waals surface area contributed by atoms with Crippen LogP contribution in [0, 0.1) is 10.2 Å². The molecule has 1 unspecified atom stereocenters. The third kappa shape index (κ3) is 3.20. The number of methoxy groups -OCH3 is 2. The van der Waals surface area contributed by atoms with E-state index in [1.54, 1.807) is 17.5 Å². The topological polar surface area (TPSA) is 96.9 Å². The standard InChI is InChI=1S/C15H13ClO6S/c1-20-13-7-12-11-6-4-3-5-10(11)9-23(22-16(17,18)19)15(12)8-14(13)21-2/h3-9H,1-2H3. The highest BCUT2D eigenvalue weighted by molar-refractivity contribution is 8.11. The molecule has 8 heteroatoms. The van der Waals surface area contributed by atoms with Crippen LogP contribution in [0.15, 0.2) is 41.3 Å². The van der Waals surface area contributed by atoms with Crippen LogP contribution >= 0.6 is 10.8 Å². The predicted molar refractivity (Wildman–Crippen MR) is 77.1 cm³/mol. The van der Waals surface area contributed by atoms with E-state index in [1.807, 2.05) is 24.3 Å². The molecule has 3 rings (SSSR count). The Hall–Kier alpha value is -1.61. The minimum absolute atomic E-state index is 0.431. The Labute approximate surface area is 137 Å². The molecular formula is C15H13ClO6S. The Balaban J connectivity index is 2.25. The quantitative estimate of drug-likeness (QED) is 0.715. The Bertz CT molecular complexity index is 784. The van der Waals surface area contributed by atoms with E-state index < -0.39 is 21.0 Å². The Morgan fingerprint density at radius 3 is 2.22 bits per heavy atom. The molecule has 0 aromatic heterocycles. The van der Waals surface area contributed by atoms with Crippen molar-refractivity contribution in [1.29, 1.82) is 0 Å². The van der Waals surface area contributed by atoms with E-state index in [9.17, 15) is 14.0 Å². The first-order valence-corrected chi connectivity index (χ1v) is 8.92. The highest BCUT2D eigenvalue weighted by Gasteiger charge is 2.30. The summed E-state index contributed by atoms with van der Waals surface area (Å²) < 4.78 is 48.3. The number of halogens is 1. The molecule has 1 heterocycles. The maximum atomic E-state index is 11.0.